The summed E-state index contributed by atoms with van der Waals surface area (Å²) in [5, 5.41) is 9.27. The lowest BCUT2D eigenvalue weighted by atomic mass is 9.91. The molecule has 1 atom stereocenters. The van der Waals surface area contributed by atoms with Crippen LogP contribution >= 0.6 is 0 Å². The second-order valence-corrected chi connectivity index (χ2v) is 8.59. The number of rotatable bonds is 5. The van der Waals surface area contributed by atoms with Gasteiger partial charge in [0.2, 0.25) is 17.7 Å². The number of nitrogens with zero attached hydrogens (tertiary/aromatic N) is 3. The van der Waals surface area contributed by atoms with Crippen LogP contribution in [0.4, 0.5) is 0 Å². The summed E-state index contributed by atoms with van der Waals surface area (Å²) in [6.07, 6.45) is 0.710. The zero-order valence-electron chi connectivity index (χ0n) is 18.5. The van der Waals surface area contributed by atoms with Crippen molar-refractivity contribution in [1.29, 1.82) is 0 Å². The van der Waals surface area contributed by atoms with Gasteiger partial charge in [0, 0.05) is 46.1 Å². The summed E-state index contributed by atoms with van der Waals surface area (Å²) in [7, 11) is 0. The van der Waals surface area contributed by atoms with Crippen LogP contribution in [0.2, 0.25) is 0 Å². The van der Waals surface area contributed by atoms with Crippen LogP contribution in [0.3, 0.4) is 0 Å². The third-order valence-corrected chi connectivity index (χ3v) is 6.51. The summed E-state index contributed by atoms with van der Waals surface area (Å²) in [5.74, 6) is -0.194. The molecule has 3 aromatic rings. The lowest BCUT2D eigenvalue weighted by Gasteiger charge is -2.34. The molecule has 0 radical (unpaired) electrons. The number of fused-ring (bicyclic) bond motifs is 3. The van der Waals surface area contributed by atoms with Crippen LogP contribution in [0.15, 0.2) is 34.9 Å². The molecule has 2 aliphatic rings. The zero-order chi connectivity index (χ0) is 22.9. The molecular formula is C24H26N4O5. The lowest BCUT2D eigenvalue weighted by Crippen LogP contribution is -2.48. The van der Waals surface area contributed by atoms with Gasteiger partial charge < -0.3 is 14.2 Å². The average Bonchev–Trinajstić information content (AvgIpc) is 3.23. The number of piperazine rings is 1. The van der Waals surface area contributed by atoms with E-state index < -0.39 is 5.92 Å². The molecule has 2 fully saturated rings. The summed E-state index contributed by atoms with van der Waals surface area (Å²) in [4.78, 5) is 39.5. The number of ether oxygens (including phenoxy) is 1. The molecule has 33 heavy (non-hydrogen) atoms. The van der Waals surface area contributed by atoms with E-state index in [4.69, 9.17) is 9.26 Å². The van der Waals surface area contributed by atoms with Crippen LogP contribution in [0.25, 0.3) is 21.7 Å². The Labute approximate surface area is 190 Å². The third-order valence-electron chi connectivity index (χ3n) is 6.51. The molecule has 0 saturated carbocycles. The van der Waals surface area contributed by atoms with Gasteiger partial charge in [0.25, 0.3) is 0 Å². The highest BCUT2D eigenvalue weighted by Crippen LogP contribution is 2.36. The molecule has 0 aliphatic carbocycles. The molecule has 0 unspecified atom stereocenters. The second kappa shape index (κ2) is 8.82. The van der Waals surface area contributed by atoms with Crippen LogP contribution < -0.4 is 10.1 Å². The molecule has 0 bridgehead atoms. The van der Waals surface area contributed by atoms with Crippen LogP contribution in [0.5, 0.6) is 5.75 Å². The average molecular weight is 450 g/mol. The predicted molar refractivity (Wildman–Crippen MR) is 121 cm³/mol. The molecule has 172 valence electrons. The normalized spacial score (nSPS) is 19.8. The second-order valence-electron chi connectivity index (χ2n) is 8.59. The first-order valence-corrected chi connectivity index (χ1v) is 11.3. The lowest BCUT2D eigenvalue weighted by molar-refractivity contribution is -0.134. The molecule has 2 aromatic carbocycles. The van der Waals surface area contributed by atoms with E-state index in [2.05, 4.69) is 15.4 Å². The number of carbonyl (C=O) groups is 3. The van der Waals surface area contributed by atoms with Crippen molar-refractivity contribution in [1.82, 2.24) is 20.3 Å². The molecule has 1 N–H and O–H groups in total. The molecule has 3 amide bonds. The number of hydrogen-bond acceptors (Lipinski definition) is 7. The monoisotopic (exact) mass is 450 g/mol. The van der Waals surface area contributed by atoms with E-state index in [1.807, 2.05) is 35.2 Å². The van der Waals surface area contributed by atoms with Crippen LogP contribution in [0, 0.1) is 0 Å². The number of carbonyl (C=O) groups excluding carboxylic acids is 3. The van der Waals surface area contributed by atoms with Crippen LogP contribution in [0.1, 0.15) is 31.4 Å². The first-order valence-electron chi connectivity index (χ1n) is 11.3. The van der Waals surface area contributed by atoms with Gasteiger partial charge in [-0.2, -0.15) is 0 Å². The van der Waals surface area contributed by atoms with Crippen molar-refractivity contribution in [2.45, 2.75) is 25.7 Å². The predicted octanol–water partition coefficient (Wildman–Crippen LogP) is 2.04. The third kappa shape index (κ3) is 4.28. The molecule has 3 heterocycles. The van der Waals surface area contributed by atoms with Gasteiger partial charge in [-0.15, -0.1) is 0 Å². The quantitative estimate of drug-likeness (QED) is 0.593. The fourth-order valence-electron chi connectivity index (χ4n) is 4.63. The Kier molecular flexibility index (Phi) is 5.72. The van der Waals surface area contributed by atoms with Crippen molar-refractivity contribution in [3.63, 3.8) is 0 Å². The number of amides is 3. The van der Waals surface area contributed by atoms with Gasteiger partial charge in [0.15, 0.2) is 5.58 Å². The maximum Gasteiger partial charge on any atom is 0.235 e. The Bertz CT molecular complexity index is 1230. The maximum absolute atomic E-state index is 12.4. The molecule has 2 saturated heterocycles. The highest BCUT2D eigenvalue weighted by molar-refractivity contribution is 6.10. The highest BCUT2D eigenvalue weighted by Gasteiger charge is 2.32. The smallest absolute Gasteiger partial charge is 0.235 e. The fraction of sp³-hybridized carbons (Fsp3) is 0.417. The minimum atomic E-state index is -0.506. The van der Waals surface area contributed by atoms with Crippen molar-refractivity contribution in [2.24, 2.45) is 0 Å². The van der Waals surface area contributed by atoms with Crippen molar-refractivity contribution < 1.29 is 23.6 Å². The Morgan fingerprint density at radius 1 is 1.18 bits per heavy atom. The molecule has 0 spiro atoms. The van der Waals surface area contributed by atoms with Gasteiger partial charge in [-0.05, 0) is 41.5 Å². The molecule has 1 aromatic heterocycles. The number of nitrogens with one attached hydrogen (secondary N) is 1. The van der Waals surface area contributed by atoms with Gasteiger partial charge in [-0.25, -0.2) is 0 Å². The topological polar surface area (TPSA) is 105 Å². The summed E-state index contributed by atoms with van der Waals surface area (Å²) in [5.41, 5.74) is 1.18. The molecular weight excluding hydrogens is 424 g/mol. The van der Waals surface area contributed by atoms with Crippen LogP contribution in [-0.2, 0) is 14.4 Å². The first kappa shape index (κ1) is 21.4. The van der Waals surface area contributed by atoms with Gasteiger partial charge in [-0.1, -0.05) is 11.2 Å². The van der Waals surface area contributed by atoms with E-state index in [1.54, 1.807) is 6.92 Å². The molecule has 9 nitrogen and oxygen atoms in total. The van der Waals surface area contributed by atoms with E-state index in [1.165, 1.54) is 0 Å². The van der Waals surface area contributed by atoms with E-state index in [-0.39, 0.29) is 24.1 Å². The van der Waals surface area contributed by atoms with Gasteiger partial charge in [0.05, 0.1) is 11.3 Å². The summed E-state index contributed by atoms with van der Waals surface area (Å²) < 4.78 is 11.5. The molecule has 5 rings (SSSR count). The number of hydrogen-bond donors (Lipinski definition) is 1. The maximum atomic E-state index is 12.4. The van der Waals surface area contributed by atoms with Crippen molar-refractivity contribution in [2.75, 3.05) is 39.3 Å². The largest absolute Gasteiger partial charge is 0.492 e. The number of benzene rings is 2. The number of piperidine rings is 1. The van der Waals surface area contributed by atoms with Crippen molar-refractivity contribution in [3.05, 3.63) is 36.0 Å². The molecule has 2 aliphatic heterocycles. The van der Waals surface area contributed by atoms with E-state index in [0.29, 0.717) is 24.3 Å². The van der Waals surface area contributed by atoms with Crippen molar-refractivity contribution >= 4 is 39.5 Å². The minimum absolute atomic E-state index is 0.129. The van der Waals surface area contributed by atoms with E-state index in [0.717, 1.165) is 54.6 Å². The van der Waals surface area contributed by atoms with Gasteiger partial charge in [-0.3, -0.25) is 24.6 Å². The SMILES string of the molecule is CC(=O)N1CCN(CCOc2ccc3c(ccc4onc([C@H]5CCC(=O)NC5=O)c43)c2)CC1. The highest BCUT2D eigenvalue weighted by atomic mass is 16.5. The summed E-state index contributed by atoms with van der Waals surface area (Å²) in [6.45, 7) is 6.20. The zero-order valence-corrected chi connectivity index (χ0v) is 18.5. The Balaban J connectivity index is 1.30. The van der Waals surface area contributed by atoms with Crippen molar-refractivity contribution in [3.8, 4) is 5.75 Å². The summed E-state index contributed by atoms with van der Waals surface area (Å²) in [6, 6.07) is 9.65. The fourth-order valence-corrected chi connectivity index (χ4v) is 4.63. The molecule has 9 heteroatoms. The summed E-state index contributed by atoms with van der Waals surface area (Å²) >= 11 is 0. The minimum Gasteiger partial charge on any atom is -0.492 e. The Morgan fingerprint density at radius 2 is 2.00 bits per heavy atom. The van der Waals surface area contributed by atoms with Gasteiger partial charge in [0.1, 0.15) is 18.1 Å². The Hall–Kier alpha value is -3.46. The standard InChI is InChI=1S/C24H26N4O5/c1-15(29)28-10-8-27(9-11-28)12-13-32-17-3-4-18-16(14-17)2-6-20-22(18)23(26-33-20)19-5-7-21(30)25-24(19)31/h2-4,6,14,19H,5,7-13H2,1H3,(H,25,30,31)/t19-/m1/s1. The Morgan fingerprint density at radius 3 is 2.76 bits per heavy atom. The first-order chi connectivity index (χ1) is 16.0. The van der Waals surface area contributed by atoms with Gasteiger partial charge >= 0.3 is 0 Å². The van der Waals surface area contributed by atoms with E-state index in [9.17, 15) is 14.4 Å². The van der Waals surface area contributed by atoms with Crippen LogP contribution in [-0.4, -0.2) is 72.0 Å². The number of aromatic nitrogens is 1. The van der Waals surface area contributed by atoms with E-state index >= 15 is 0 Å². The number of imide groups is 1.